The van der Waals surface area contributed by atoms with Gasteiger partial charge in [-0.1, -0.05) is 12.1 Å². The number of nitrogens with one attached hydrogen (secondary N) is 1. The van der Waals surface area contributed by atoms with Crippen LogP contribution in [0.25, 0.3) is 0 Å². The second-order valence-electron chi connectivity index (χ2n) is 5.13. The topological polar surface area (TPSA) is 56.8 Å². The second-order valence-corrected chi connectivity index (χ2v) is 5.13. The molecule has 0 bridgehead atoms. The smallest absolute Gasteiger partial charge is 0.257 e. The minimum Gasteiger partial charge on any atom is -0.481 e. The maximum Gasteiger partial charge on any atom is 0.257 e. The quantitative estimate of drug-likeness (QED) is 0.708. The standard InChI is InChI=1S/C16H22FNO4/c17-14-6-1-2-7-15(14)22-12-16(19)18-8-4-9-20-11-13-5-3-10-21-13/h1-2,6-7,13H,3-5,8-12H2,(H,18,19). The Bertz CT molecular complexity index is 463. The Morgan fingerprint density at radius 2 is 2.27 bits per heavy atom. The molecular weight excluding hydrogens is 289 g/mol. The molecule has 1 atom stereocenters. The highest BCUT2D eigenvalue weighted by Crippen LogP contribution is 2.14. The number of hydrogen-bond donors (Lipinski definition) is 1. The third kappa shape index (κ3) is 5.99. The van der Waals surface area contributed by atoms with E-state index in [2.05, 4.69) is 5.32 Å². The van der Waals surface area contributed by atoms with Crippen molar-refractivity contribution < 1.29 is 23.4 Å². The fourth-order valence-electron chi connectivity index (χ4n) is 2.15. The molecule has 1 saturated heterocycles. The van der Waals surface area contributed by atoms with Gasteiger partial charge in [0.2, 0.25) is 0 Å². The molecule has 1 fully saturated rings. The van der Waals surface area contributed by atoms with E-state index in [-0.39, 0.29) is 24.4 Å². The minimum atomic E-state index is -0.474. The van der Waals surface area contributed by atoms with Gasteiger partial charge < -0.3 is 19.5 Å². The van der Waals surface area contributed by atoms with Gasteiger partial charge in [0, 0.05) is 19.8 Å². The average molecular weight is 311 g/mol. The van der Waals surface area contributed by atoms with Gasteiger partial charge in [-0.2, -0.15) is 0 Å². The van der Waals surface area contributed by atoms with E-state index in [1.807, 2.05) is 0 Å². The van der Waals surface area contributed by atoms with Crippen molar-refractivity contribution in [2.24, 2.45) is 0 Å². The van der Waals surface area contributed by atoms with Crippen molar-refractivity contribution in [2.45, 2.75) is 25.4 Å². The van der Waals surface area contributed by atoms with Crippen LogP contribution in [0.5, 0.6) is 5.75 Å². The van der Waals surface area contributed by atoms with E-state index in [9.17, 15) is 9.18 Å². The van der Waals surface area contributed by atoms with Gasteiger partial charge in [-0.15, -0.1) is 0 Å². The van der Waals surface area contributed by atoms with E-state index in [1.54, 1.807) is 12.1 Å². The van der Waals surface area contributed by atoms with E-state index >= 15 is 0 Å². The zero-order valence-electron chi connectivity index (χ0n) is 12.6. The molecule has 6 heteroatoms. The third-order valence-electron chi connectivity index (χ3n) is 3.31. The number of ether oxygens (including phenoxy) is 3. The molecule has 0 saturated carbocycles. The van der Waals surface area contributed by atoms with Crippen LogP contribution in [0.4, 0.5) is 4.39 Å². The van der Waals surface area contributed by atoms with E-state index in [1.165, 1.54) is 12.1 Å². The largest absolute Gasteiger partial charge is 0.481 e. The van der Waals surface area contributed by atoms with Crippen LogP contribution in [0.2, 0.25) is 0 Å². The molecule has 0 aliphatic carbocycles. The van der Waals surface area contributed by atoms with E-state index in [0.29, 0.717) is 19.8 Å². The van der Waals surface area contributed by atoms with E-state index in [0.717, 1.165) is 25.9 Å². The van der Waals surface area contributed by atoms with E-state index < -0.39 is 5.82 Å². The molecule has 0 radical (unpaired) electrons. The highest BCUT2D eigenvalue weighted by molar-refractivity contribution is 5.77. The molecule has 1 heterocycles. The molecule has 1 unspecified atom stereocenters. The predicted octanol–water partition coefficient (Wildman–Crippen LogP) is 1.91. The molecule has 1 aromatic rings. The summed E-state index contributed by atoms with van der Waals surface area (Å²) in [5, 5.41) is 2.70. The molecule has 22 heavy (non-hydrogen) atoms. The maximum absolute atomic E-state index is 13.3. The number of para-hydroxylation sites is 1. The summed E-state index contributed by atoms with van der Waals surface area (Å²) >= 11 is 0. The molecule has 1 aliphatic rings. The average Bonchev–Trinajstić information content (AvgIpc) is 3.03. The zero-order chi connectivity index (χ0) is 15.6. The van der Waals surface area contributed by atoms with Crippen molar-refractivity contribution in [2.75, 3.05) is 33.0 Å². The van der Waals surface area contributed by atoms with Crippen molar-refractivity contribution in [1.29, 1.82) is 0 Å². The van der Waals surface area contributed by atoms with Gasteiger partial charge in [0.15, 0.2) is 18.2 Å². The van der Waals surface area contributed by atoms with Crippen LogP contribution < -0.4 is 10.1 Å². The first-order chi connectivity index (χ1) is 10.8. The lowest BCUT2D eigenvalue weighted by Crippen LogP contribution is -2.30. The molecule has 1 aromatic carbocycles. The fraction of sp³-hybridized carbons (Fsp3) is 0.562. The molecule has 1 amide bonds. The van der Waals surface area contributed by atoms with Gasteiger partial charge in [-0.25, -0.2) is 4.39 Å². The highest BCUT2D eigenvalue weighted by Gasteiger charge is 2.14. The molecule has 2 rings (SSSR count). The van der Waals surface area contributed by atoms with Crippen molar-refractivity contribution >= 4 is 5.91 Å². The molecule has 1 aliphatic heterocycles. The Hall–Kier alpha value is -1.66. The normalized spacial score (nSPS) is 17.4. The Morgan fingerprint density at radius 3 is 3.05 bits per heavy atom. The summed E-state index contributed by atoms with van der Waals surface area (Å²) in [7, 11) is 0. The van der Waals surface area contributed by atoms with Gasteiger partial charge in [0.05, 0.1) is 12.7 Å². The summed E-state index contributed by atoms with van der Waals surface area (Å²) in [6.45, 7) is 2.33. The molecule has 0 aromatic heterocycles. The van der Waals surface area contributed by atoms with Gasteiger partial charge in [0.25, 0.3) is 5.91 Å². The lowest BCUT2D eigenvalue weighted by atomic mass is 10.2. The molecule has 122 valence electrons. The molecule has 0 spiro atoms. The predicted molar refractivity (Wildman–Crippen MR) is 79.3 cm³/mol. The summed E-state index contributed by atoms with van der Waals surface area (Å²) in [4.78, 5) is 11.6. The number of hydrogen-bond acceptors (Lipinski definition) is 4. The number of carbonyl (C=O) groups excluding carboxylic acids is 1. The first-order valence-electron chi connectivity index (χ1n) is 7.59. The van der Waals surface area contributed by atoms with Crippen LogP contribution in [0.3, 0.4) is 0 Å². The van der Waals surface area contributed by atoms with Gasteiger partial charge in [-0.3, -0.25) is 4.79 Å². The van der Waals surface area contributed by atoms with Crippen LogP contribution in [-0.4, -0.2) is 45.0 Å². The molecule has 1 N–H and O–H groups in total. The lowest BCUT2D eigenvalue weighted by molar-refractivity contribution is -0.123. The van der Waals surface area contributed by atoms with Crippen molar-refractivity contribution in [3.05, 3.63) is 30.1 Å². The Kier molecular flexibility index (Phi) is 7.12. The number of carbonyl (C=O) groups is 1. The summed E-state index contributed by atoms with van der Waals surface area (Å²) in [5.74, 6) is -0.669. The van der Waals surface area contributed by atoms with Crippen molar-refractivity contribution in [3.8, 4) is 5.75 Å². The number of rotatable bonds is 9. The SMILES string of the molecule is O=C(COc1ccccc1F)NCCCOCC1CCCO1. The van der Waals surface area contributed by atoms with Crippen LogP contribution in [-0.2, 0) is 14.3 Å². The summed E-state index contributed by atoms with van der Waals surface area (Å²) in [6.07, 6.45) is 3.11. The van der Waals surface area contributed by atoms with Crippen LogP contribution in [0.1, 0.15) is 19.3 Å². The molecular formula is C16H22FNO4. The van der Waals surface area contributed by atoms with Crippen LogP contribution >= 0.6 is 0 Å². The summed E-state index contributed by atoms with van der Waals surface area (Å²) in [6, 6.07) is 6.00. The molecule has 5 nitrogen and oxygen atoms in total. The highest BCUT2D eigenvalue weighted by atomic mass is 19.1. The van der Waals surface area contributed by atoms with Gasteiger partial charge in [-0.05, 0) is 31.4 Å². The fourth-order valence-corrected chi connectivity index (χ4v) is 2.15. The number of benzene rings is 1. The first-order valence-corrected chi connectivity index (χ1v) is 7.59. The Labute approximate surface area is 129 Å². The summed E-state index contributed by atoms with van der Waals surface area (Å²) < 4.78 is 29.3. The Balaban J connectivity index is 1.48. The number of amides is 1. The first kappa shape index (κ1) is 16.7. The maximum atomic E-state index is 13.3. The van der Waals surface area contributed by atoms with Crippen LogP contribution in [0.15, 0.2) is 24.3 Å². The van der Waals surface area contributed by atoms with Crippen molar-refractivity contribution in [1.82, 2.24) is 5.32 Å². The Morgan fingerprint density at radius 1 is 1.41 bits per heavy atom. The minimum absolute atomic E-state index is 0.0811. The van der Waals surface area contributed by atoms with Crippen molar-refractivity contribution in [3.63, 3.8) is 0 Å². The third-order valence-corrected chi connectivity index (χ3v) is 3.31. The summed E-state index contributed by atoms with van der Waals surface area (Å²) in [5.41, 5.74) is 0. The number of halogens is 1. The van der Waals surface area contributed by atoms with E-state index in [4.69, 9.17) is 14.2 Å². The lowest BCUT2D eigenvalue weighted by Gasteiger charge is -2.10. The zero-order valence-corrected chi connectivity index (χ0v) is 12.6. The van der Waals surface area contributed by atoms with Gasteiger partial charge in [0.1, 0.15) is 0 Å². The van der Waals surface area contributed by atoms with Crippen LogP contribution in [0, 0.1) is 5.82 Å². The monoisotopic (exact) mass is 311 g/mol. The second kappa shape index (κ2) is 9.38. The van der Waals surface area contributed by atoms with Gasteiger partial charge >= 0.3 is 0 Å².